The molecular weight excluding hydrogens is 468 g/mol. The van der Waals surface area contributed by atoms with Crippen LogP contribution in [0.25, 0.3) is 17.0 Å². The SMILES string of the molecule is C=C(Nc1ccc(C)c(Nc2nccc(-c3cccnc3)n2)c1)c1ccc(C2CCCN(C(C)C)C2)cc1. The monoisotopic (exact) mass is 504 g/mol. The number of likely N-dealkylation sites (tertiary alicyclic amines) is 1. The lowest BCUT2D eigenvalue weighted by Crippen LogP contribution is -2.39. The lowest BCUT2D eigenvalue weighted by Gasteiger charge is -2.35. The number of nitrogens with one attached hydrogen (secondary N) is 2. The quantitative estimate of drug-likeness (QED) is 0.263. The highest BCUT2D eigenvalue weighted by Gasteiger charge is 2.22. The molecule has 0 spiro atoms. The lowest BCUT2D eigenvalue weighted by atomic mass is 9.89. The Labute approximate surface area is 225 Å². The predicted octanol–water partition coefficient (Wildman–Crippen LogP) is 7.26. The highest BCUT2D eigenvalue weighted by Crippen LogP contribution is 2.30. The summed E-state index contributed by atoms with van der Waals surface area (Å²) >= 11 is 0. The molecule has 2 aromatic heterocycles. The van der Waals surface area contributed by atoms with Crippen molar-refractivity contribution in [3.63, 3.8) is 0 Å². The summed E-state index contributed by atoms with van der Waals surface area (Å²) in [5.74, 6) is 1.14. The van der Waals surface area contributed by atoms with E-state index in [-0.39, 0.29) is 0 Å². The number of hydrogen-bond acceptors (Lipinski definition) is 6. The number of anilines is 3. The topological polar surface area (TPSA) is 66.0 Å². The number of rotatable bonds is 8. The van der Waals surface area contributed by atoms with Gasteiger partial charge in [-0.05, 0) is 93.1 Å². The molecule has 6 nitrogen and oxygen atoms in total. The first-order valence-corrected chi connectivity index (χ1v) is 13.4. The molecule has 0 amide bonds. The van der Waals surface area contributed by atoms with Gasteiger partial charge < -0.3 is 15.5 Å². The molecule has 1 aliphatic heterocycles. The molecular formula is C32H36N6. The van der Waals surface area contributed by atoms with E-state index >= 15 is 0 Å². The molecule has 1 atom stereocenters. The molecule has 194 valence electrons. The molecule has 2 aromatic carbocycles. The number of nitrogens with zero attached hydrogens (tertiary/aromatic N) is 4. The Morgan fingerprint density at radius 2 is 1.89 bits per heavy atom. The minimum atomic E-state index is 0.541. The van der Waals surface area contributed by atoms with Crippen LogP contribution in [0.1, 0.15) is 49.3 Å². The standard InChI is InChI=1S/C32H36N6/c1-22(2)38-18-6-8-28(21-38)26-12-10-25(11-13-26)24(4)35-29-14-9-23(3)31(19-29)37-32-34-17-15-30(36-32)27-7-5-16-33-20-27/h5,7,9-17,19-20,22,28,35H,4,6,8,18,21H2,1-3H3,(H,34,36,37). The normalized spacial score (nSPS) is 15.8. The summed E-state index contributed by atoms with van der Waals surface area (Å²) in [6.45, 7) is 13.3. The Morgan fingerprint density at radius 3 is 2.66 bits per heavy atom. The number of aryl methyl sites for hydroxylation is 1. The molecule has 1 saturated heterocycles. The summed E-state index contributed by atoms with van der Waals surface area (Å²) in [5, 5.41) is 6.85. The van der Waals surface area contributed by atoms with Crippen LogP contribution in [0.4, 0.5) is 17.3 Å². The van der Waals surface area contributed by atoms with E-state index in [0.717, 1.165) is 46.0 Å². The van der Waals surface area contributed by atoms with E-state index < -0.39 is 0 Å². The summed E-state index contributed by atoms with van der Waals surface area (Å²) in [6.07, 6.45) is 7.84. The van der Waals surface area contributed by atoms with Gasteiger partial charge in [0.2, 0.25) is 5.95 Å². The number of aromatic nitrogens is 3. The molecule has 1 aliphatic rings. The Bertz CT molecular complexity index is 1380. The second kappa shape index (κ2) is 11.6. The van der Waals surface area contributed by atoms with Crippen molar-refractivity contribution in [3.8, 4) is 11.3 Å². The van der Waals surface area contributed by atoms with E-state index in [9.17, 15) is 0 Å². The van der Waals surface area contributed by atoms with Crippen molar-refractivity contribution in [1.29, 1.82) is 0 Å². The van der Waals surface area contributed by atoms with Gasteiger partial charge in [-0.1, -0.05) is 36.9 Å². The van der Waals surface area contributed by atoms with Gasteiger partial charge in [-0.2, -0.15) is 0 Å². The smallest absolute Gasteiger partial charge is 0.227 e. The van der Waals surface area contributed by atoms with Crippen molar-refractivity contribution in [3.05, 3.63) is 103 Å². The van der Waals surface area contributed by atoms with Crippen molar-refractivity contribution >= 4 is 23.0 Å². The van der Waals surface area contributed by atoms with Gasteiger partial charge in [-0.15, -0.1) is 0 Å². The minimum Gasteiger partial charge on any atom is -0.355 e. The van der Waals surface area contributed by atoms with Gasteiger partial charge in [0.1, 0.15) is 0 Å². The first kappa shape index (κ1) is 25.6. The fourth-order valence-electron chi connectivity index (χ4n) is 5.00. The van der Waals surface area contributed by atoms with Crippen molar-refractivity contribution in [2.45, 2.75) is 45.6 Å². The van der Waals surface area contributed by atoms with Crippen molar-refractivity contribution in [2.75, 3.05) is 23.7 Å². The van der Waals surface area contributed by atoms with Crippen LogP contribution >= 0.6 is 0 Å². The molecule has 3 heterocycles. The zero-order valence-electron chi connectivity index (χ0n) is 22.5. The maximum absolute atomic E-state index is 4.68. The third-order valence-corrected chi connectivity index (χ3v) is 7.31. The summed E-state index contributed by atoms with van der Waals surface area (Å²) in [6, 6.07) is 21.5. The van der Waals surface area contributed by atoms with Crippen LogP contribution in [0.2, 0.25) is 0 Å². The Hall–Kier alpha value is -4.03. The molecule has 0 aliphatic carbocycles. The van der Waals surface area contributed by atoms with Crippen LogP contribution in [0.15, 0.2) is 85.8 Å². The number of pyridine rings is 1. The largest absolute Gasteiger partial charge is 0.355 e. The second-order valence-electron chi connectivity index (χ2n) is 10.3. The van der Waals surface area contributed by atoms with E-state index in [4.69, 9.17) is 0 Å². The van der Waals surface area contributed by atoms with Crippen LogP contribution < -0.4 is 10.6 Å². The summed E-state index contributed by atoms with van der Waals surface area (Å²) in [5.41, 5.74) is 8.15. The van der Waals surface area contributed by atoms with E-state index in [1.165, 1.54) is 24.9 Å². The van der Waals surface area contributed by atoms with Crippen LogP contribution in [-0.2, 0) is 0 Å². The van der Waals surface area contributed by atoms with E-state index in [1.54, 1.807) is 18.6 Å². The fourth-order valence-corrected chi connectivity index (χ4v) is 5.00. The molecule has 1 unspecified atom stereocenters. The summed E-state index contributed by atoms with van der Waals surface area (Å²) in [4.78, 5) is 15.9. The van der Waals surface area contributed by atoms with Crippen molar-refractivity contribution < 1.29 is 0 Å². The van der Waals surface area contributed by atoms with E-state index in [1.807, 2.05) is 18.2 Å². The highest BCUT2D eigenvalue weighted by atomic mass is 15.2. The summed E-state index contributed by atoms with van der Waals surface area (Å²) in [7, 11) is 0. The third kappa shape index (κ3) is 6.09. The van der Waals surface area contributed by atoms with Crippen LogP contribution in [0, 0.1) is 6.92 Å². The van der Waals surface area contributed by atoms with Crippen molar-refractivity contribution in [1.82, 2.24) is 19.9 Å². The van der Waals surface area contributed by atoms with Gasteiger partial charge >= 0.3 is 0 Å². The third-order valence-electron chi connectivity index (χ3n) is 7.31. The van der Waals surface area contributed by atoms with Crippen LogP contribution in [-0.4, -0.2) is 39.0 Å². The molecule has 6 heteroatoms. The van der Waals surface area contributed by atoms with Gasteiger partial charge in [0.05, 0.1) is 5.69 Å². The maximum atomic E-state index is 4.68. The predicted molar refractivity (Wildman–Crippen MR) is 158 cm³/mol. The molecule has 1 fully saturated rings. The molecule has 2 N–H and O–H groups in total. The molecule has 0 saturated carbocycles. The Balaban J connectivity index is 1.26. The average molecular weight is 505 g/mol. The van der Waals surface area contributed by atoms with Gasteiger partial charge in [0.15, 0.2) is 0 Å². The zero-order valence-corrected chi connectivity index (χ0v) is 22.5. The van der Waals surface area contributed by atoms with Gasteiger partial charge in [0, 0.05) is 53.8 Å². The highest BCUT2D eigenvalue weighted by molar-refractivity contribution is 5.78. The van der Waals surface area contributed by atoms with Crippen molar-refractivity contribution in [2.24, 2.45) is 0 Å². The molecule has 0 bridgehead atoms. The molecule has 0 radical (unpaired) electrons. The Morgan fingerprint density at radius 1 is 1.05 bits per heavy atom. The van der Waals surface area contributed by atoms with Gasteiger partial charge in [0.25, 0.3) is 0 Å². The maximum Gasteiger partial charge on any atom is 0.227 e. The first-order chi connectivity index (χ1) is 18.5. The average Bonchev–Trinajstić information content (AvgIpc) is 2.95. The second-order valence-corrected chi connectivity index (χ2v) is 10.3. The molecule has 4 aromatic rings. The number of hydrogen-bond donors (Lipinski definition) is 2. The van der Waals surface area contributed by atoms with E-state index in [2.05, 4.69) is 100 Å². The van der Waals surface area contributed by atoms with E-state index in [0.29, 0.717) is 17.9 Å². The summed E-state index contributed by atoms with van der Waals surface area (Å²) < 4.78 is 0. The molecule has 38 heavy (non-hydrogen) atoms. The van der Waals surface area contributed by atoms with Crippen LogP contribution in [0.5, 0.6) is 0 Å². The number of benzene rings is 2. The van der Waals surface area contributed by atoms with Gasteiger partial charge in [-0.3, -0.25) is 4.98 Å². The van der Waals surface area contributed by atoms with Gasteiger partial charge in [-0.25, -0.2) is 9.97 Å². The van der Waals surface area contributed by atoms with Crippen LogP contribution in [0.3, 0.4) is 0 Å². The zero-order chi connectivity index (χ0) is 26.5. The lowest BCUT2D eigenvalue weighted by molar-refractivity contribution is 0.167. The molecule has 5 rings (SSSR count). The minimum absolute atomic E-state index is 0.541. The Kier molecular flexibility index (Phi) is 7.80. The number of piperidine rings is 1. The fraction of sp³-hybridized carbons (Fsp3) is 0.281. The first-order valence-electron chi connectivity index (χ1n) is 13.4.